The van der Waals surface area contributed by atoms with Gasteiger partial charge in [-0.3, -0.25) is 4.99 Å². The normalized spacial score (nSPS) is 14.2. The molecule has 0 bridgehead atoms. The Balaban J connectivity index is 1.46. The summed E-state index contributed by atoms with van der Waals surface area (Å²) in [5.74, 6) is 0.637. The molecule has 1 aliphatic rings. The number of alkyl halides is 5. The van der Waals surface area contributed by atoms with Crippen LogP contribution >= 0.6 is 0 Å². The molecule has 0 atom stereocenters. The molecule has 200 valence electrons. The second-order valence-corrected chi connectivity index (χ2v) is 8.37. The number of ether oxygens (including phenoxy) is 3. The zero-order chi connectivity index (χ0) is 27.0. The molecule has 0 unspecified atom stereocenters. The molecule has 1 aliphatic carbocycles. The Labute approximate surface area is 215 Å². The lowest BCUT2D eigenvalue weighted by Crippen LogP contribution is -2.20. The number of nitrogens with zero attached hydrogens (tertiary/aromatic N) is 2. The van der Waals surface area contributed by atoms with E-state index in [0.29, 0.717) is 35.3 Å². The first-order chi connectivity index (χ1) is 18.3. The minimum absolute atomic E-state index is 0.0381. The van der Waals surface area contributed by atoms with Crippen LogP contribution in [0, 0.1) is 5.92 Å². The van der Waals surface area contributed by atoms with Gasteiger partial charge in [0.05, 0.1) is 6.61 Å². The van der Waals surface area contributed by atoms with Crippen molar-refractivity contribution in [3.8, 4) is 17.2 Å². The van der Waals surface area contributed by atoms with Crippen molar-refractivity contribution in [3.05, 3.63) is 72.4 Å². The summed E-state index contributed by atoms with van der Waals surface area (Å²) in [5, 5.41) is 3.00. The number of rotatable bonds is 11. The van der Waals surface area contributed by atoms with Crippen molar-refractivity contribution in [2.75, 3.05) is 11.9 Å². The van der Waals surface area contributed by atoms with Gasteiger partial charge in [0.15, 0.2) is 17.3 Å². The number of para-hydroxylation sites is 1. The van der Waals surface area contributed by atoms with Crippen molar-refractivity contribution in [1.29, 1.82) is 0 Å². The molecular weight excluding hydrogens is 509 g/mol. The summed E-state index contributed by atoms with van der Waals surface area (Å²) in [6, 6.07) is 13.3. The Hall–Kier alpha value is -4.15. The molecule has 0 spiro atoms. The Kier molecular flexibility index (Phi) is 8.77. The molecule has 1 N–H and O–H groups in total. The van der Waals surface area contributed by atoms with Crippen molar-refractivity contribution >= 4 is 29.5 Å². The fraction of sp³-hybridized carbons (Fsp3) is 0.259. The topological polar surface area (TPSA) is 65.0 Å². The van der Waals surface area contributed by atoms with Gasteiger partial charge in [0.1, 0.15) is 11.4 Å². The zero-order valence-corrected chi connectivity index (χ0v) is 20.0. The molecule has 38 heavy (non-hydrogen) atoms. The molecule has 0 aliphatic heterocycles. The van der Waals surface area contributed by atoms with Gasteiger partial charge >= 0.3 is 13.0 Å². The summed E-state index contributed by atoms with van der Waals surface area (Å²) in [5.41, 5.74) is 1.50. The van der Waals surface area contributed by atoms with E-state index < -0.39 is 13.0 Å². The third-order valence-corrected chi connectivity index (χ3v) is 5.63. The summed E-state index contributed by atoms with van der Waals surface area (Å²) in [6.07, 6.45) is 4.78. The molecule has 4 rings (SSSR count). The number of benzene rings is 2. The summed E-state index contributed by atoms with van der Waals surface area (Å²) < 4.78 is 77.3. The number of aliphatic imine (C=N–C) groups is 1. The van der Waals surface area contributed by atoms with Crippen LogP contribution in [-0.4, -0.2) is 30.8 Å². The highest BCUT2D eigenvalue weighted by atomic mass is 19.4. The first kappa shape index (κ1) is 26.9. The quantitative estimate of drug-likeness (QED) is 0.200. The van der Waals surface area contributed by atoms with Crippen molar-refractivity contribution in [2.45, 2.75) is 32.2 Å². The third-order valence-electron chi connectivity index (χ3n) is 5.63. The highest BCUT2D eigenvalue weighted by molar-refractivity contribution is 5.83. The summed E-state index contributed by atoms with van der Waals surface area (Å²) in [6.45, 7) is -2.56. The van der Waals surface area contributed by atoms with Crippen molar-refractivity contribution in [1.82, 2.24) is 4.98 Å². The number of hydrogen-bond acceptors (Lipinski definition) is 6. The molecule has 1 saturated carbocycles. The van der Waals surface area contributed by atoms with Crippen LogP contribution in [0.2, 0.25) is 0 Å². The van der Waals surface area contributed by atoms with Gasteiger partial charge in [-0.25, -0.2) is 4.98 Å². The van der Waals surface area contributed by atoms with E-state index >= 15 is 0 Å². The highest BCUT2D eigenvalue weighted by Crippen LogP contribution is 2.36. The first-order valence-electron chi connectivity index (χ1n) is 11.8. The molecule has 0 amide bonds. The van der Waals surface area contributed by atoms with Crippen molar-refractivity contribution in [2.24, 2.45) is 10.9 Å². The van der Waals surface area contributed by atoms with Gasteiger partial charge in [0, 0.05) is 23.7 Å². The van der Waals surface area contributed by atoms with Crippen LogP contribution in [0.3, 0.4) is 0 Å². The molecule has 1 fully saturated rings. The lowest BCUT2D eigenvalue weighted by Gasteiger charge is -2.26. The average molecular weight is 533 g/mol. The molecule has 6 nitrogen and oxygen atoms in total. The van der Waals surface area contributed by atoms with Gasteiger partial charge in [0.25, 0.3) is 0 Å². The molecule has 0 radical (unpaired) electrons. The minimum atomic E-state index is -4.77. The van der Waals surface area contributed by atoms with Crippen LogP contribution in [0.25, 0.3) is 6.08 Å². The van der Waals surface area contributed by atoms with Crippen molar-refractivity contribution < 1.29 is 36.2 Å². The number of aromatic nitrogens is 1. The minimum Gasteiger partial charge on any atom is -0.489 e. The molecule has 0 saturated heterocycles. The third kappa shape index (κ3) is 7.92. The van der Waals surface area contributed by atoms with E-state index in [1.54, 1.807) is 42.6 Å². The number of halogens is 5. The number of allylic oxidation sites excluding steroid dienone is 1. The van der Waals surface area contributed by atoms with Gasteiger partial charge < -0.3 is 19.5 Å². The van der Waals surface area contributed by atoms with Crippen LogP contribution < -0.4 is 19.5 Å². The fourth-order valence-corrected chi connectivity index (χ4v) is 3.61. The predicted octanol–water partition coefficient (Wildman–Crippen LogP) is 7.92. The SMILES string of the molecule is FC(F)Oc1cccc(/C=C/C=Nc2cccnc2Nc2ccc(OC(F)(F)F)cc2)c1OCC1CCC1. The maximum Gasteiger partial charge on any atom is 0.573 e. The molecular formula is C27H24F5N3O3. The molecule has 2 aromatic carbocycles. The summed E-state index contributed by atoms with van der Waals surface area (Å²) in [7, 11) is 0. The van der Waals surface area contributed by atoms with Gasteiger partial charge in [-0.15, -0.1) is 13.2 Å². The summed E-state index contributed by atoms with van der Waals surface area (Å²) >= 11 is 0. The van der Waals surface area contributed by atoms with Gasteiger partial charge in [-0.1, -0.05) is 18.6 Å². The van der Waals surface area contributed by atoms with Crippen LogP contribution in [0.5, 0.6) is 17.2 Å². The van der Waals surface area contributed by atoms with Gasteiger partial charge in [0.2, 0.25) is 0 Å². The Bertz CT molecular complexity index is 1260. The first-order valence-corrected chi connectivity index (χ1v) is 11.8. The smallest absolute Gasteiger partial charge is 0.489 e. The standard InChI is InChI=1S/C27H24F5N3O3/c28-26(29)37-23-10-2-7-19(24(23)36-17-18-5-1-6-18)8-3-15-33-22-9-4-16-34-25(22)35-20-11-13-21(14-12-20)38-27(30,31)32/h2-4,7-16,18,26H,1,5-6,17H2,(H,34,35)/b8-3+,33-15?. The number of nitrogens with one attached hydrogen (secondary N) is 1. The second kappa shape index (κ2) is 12.4. The fourth-order valence-electron chi connectivity index (χ4n) is 3.61. The second-order valence-electron chi connectivity index (χ2n) is 8.37. The highest BCUT2D eigenvalue weighted by Gasteiger charge is 2.31. The molecule has 1 heterocycles. The van der Waals surface area contributed by atoms with E-state index in [-0.39, 0.29) is 17.2 Å². The largest absolute Gasteiger partial charge is 0.573 e. The number of anilines is 2. The Morgan fingerprint density at radius 1 is 1.05 bits per heavy atom. The maximum atomic E-state index is 12.9. The molecule has 3 aromatic rings. The van der Waals surface area contributed by atoms with Gasteiger partial charge in [-0.05, 0) is 73.4 Å². The van der Waals surface area contributed by atoms with E-state index in [0.717, 1.165) is 19.3 Å². The average Bonchev–Trinajstić information content (AvgIpc) is 2.83. The molecule has 11 heteroatoms. The van der Waals surface area contributed by atoms with E-state index in [9.17, 15) is 22.0 Å². The van der Waals surface area contributed by atoms with Crippen LogP contribution in [-0.2, 0) is 0 Å². The zero-order valence-electron chi connectivity index (χ0n) is 20.0. The molecule has 1 aromatic heterocycles. The lowest BCUT2D eigenvalue weighted by molar-refractivity contribution is -0.274. The maximum absolute atomic E-state index is 12.9. The van der Waals surface area contributed by atoms with E-state index in [1.807, 2.05) is 0 Å². The predicted molar refractivity (Wildman–Crippen MR) is 134 cm³/mol. The monoisotopic (exact) mass is 533 g/mol. The number of hydrogen-bond donors (Lipinski definition) is 1. The van der Waals surface area contributed by atoms with E-state index in [1.165, 1.54) is 36.5 Å². The van der Waals surface area contributed by atoms with Crippen LogP contribution in [0.1, 0.15) is 24.8 Å². The Morgan fingerprint density at radius 2 is 1.84 bits per heavy atom. The van der Waals surface area contributed by atoms with E-state index in [4.69, 9.17) is 4.74 Å². The lowest BCUT2D eigenvalue weighted by atomic mass is 9.86. The van der Waals surface area contributed by atoms with E-state index in [2.05, 4.69) is 24.8 Å². The number of pyridine rings is 1. The van der Waals surface area contributed by atoms with Crippen LogP contribution in [0.4, 0.5) is 39.1 Å². The summed E-state index contributed by atoms with van der Waals surface area (Å²) in [4.78, 5) is 8.61. The van der Waals surface area contributed by atoms with Gasteiger partial charge in [-0.2, -0.15) is 8.78 Å². The van der Waals surface area contributed by atoms with Crippen molar-refractivity contribution in [3.63, 3.8) is 0 Å². The van der Waals surface area contributed by atoms with Crippen LogP contribution in [0.15, 0.2) is 71.9 Å². The Morgan fingerprint density at radius 3 is 2.53 bits per heavy atom.